The van der Waals surface area contributed by atoms with Gasteiger partial charge in [-0.15, -0.1) is 13.2 Å². The zero-order valence-electron chi connectivity index (χ0n) is 14.2. The maximum atomic E-state index is 12.8. The Morgan fingerprint density at radius 3 is 2.79 bits per heavy atom. The minimum absolute atomic E-state index is 0.0185. The van der Waals surface area contributed by atoms with Crippen molar-refractivity contribution in [3.63, 3.8) is 0 Å². The highest BCUT2D eigenvalue weighted by molar-refractivity contribution is 7.89. The van der Waals surface area contributed by atoms with Gasteiger partial charge in [-0.1, -0.05) is 6.07 Å². The molecule has 3 rings (SSSR count). The molecule has 0 N–H and O–H groups in total. The summed E-state index contributed by atoms with van der Waals surface area (Å²) in [6, 6.07) is 3.21. The van der Waals surface area contributed by atoms with E-state index < -0.39 is 43.8 Å². The largest absolute Gasteiger partial charge is 0.573 e. The Morgan fingerprint density at radius 1 is 1.43 bits per heavy atom. The van der Waals surface area contributed by atoms with Crippen LogP contribution in [0.2, 0.25) is 0 Å². The monoisotopic (exact) mass is 422 g/mol. The Labute approximate surface area is 156 Å². The van der Waals surface area contributed by atoms with E-state index >= 15 is 0 Å². The van der Waals surface area contributed by atoms with E-state index in [0.717, 1.165) is 34.8 Å². The van der Waals surface area contributed by atoms with Crippen molar-refractivity contribution in [3.05, 3.63) is 40.6 Å². The Bertz CT molecular complexity index is 1010. The lowest BCUT2D eigenvalue weighted by molar-refractivity contribution is -0.389. The minimum Gasteiger partial charge on any atom is -0.444 e. The summed E-state index contributed by atoms with van der Waals surface area (Å²) in [7, 11) is -2.96. The Morgan fingerprint density at radius 2 is 2.14 bits per heavy atom. The number of aromatic nitrogens is 2. The summed E-state index contributed by atoms with van der Waals surface area (Å²) in [5.41, 5.74) is 0. The van der Waals surface area contributed by atoms with Crippen molar-refractivity contribution in [2.75, 3.05) is 13.7 Å². The van der Waals surface area contributed by atoms with Crippen LogP contribution in [0.5, 0.6) is 11.8 Å². The van der Waals surface area contributed by atoms with Crippen molar-refractivity contribution in [2.24, 2.45) is 0 Å². The van der Waals surface area contributed by atoms with E-state index in [2.05, 4.69) is 9.72 Å². The summed E-state index contributed by atoms with van der Waals surface area (Å²) in [5, 5.41) is 10.8. The second-order valence-corrected chi connectivity index (χ2v) is 7.80. The van der Waals surface area contributed by atoms with Crippen molar-refractivity contribution >= 4 is 15.8 Å². The molecule has 0 aliphatic carbocycles. The number of alkyl halides is 3. The van der Waals surface area contributed by atoms with Crippen molar-refractivity contribution in [3.8, 4) is 11.8 Å². The summed E-state index contributed by atoms with van der Waals surface area (Å²) in [6.07, 6.45) is -3.85. The van der Waals surface area contributed by atoms with Gasteiger partial charge in [-0.25, -0.2) is 8.42 Å². The van der Waals surface area contributed by atoms with E-state index in [1.807, 2.05) is 0 Å². The Kier molecular flexibility index (Phi) is 4.93. The SMILES string of the molecule is CN([C@@H]1COc2nc([N+](=O)[O-])cn2C1)S(=O)(=O)c1cccc(OC(F)(F)F)c1. The Balaban J connectivity index is 1.82. The number of hydrogen-bond donors (Lipinski definition) is 0. The van der Waals surface area contributed by atoms with E-state index in [0.29, 0.717) is 0 Å². The van der Waals surface area contributed by atoms with Crippen LogP contribution in [0.4, 0.5) is 19.0 Å². The number of hydrogen-bond acceptors (Lipinski definition) is 7. The first kappa shape index (κ1) is 19.9. The number of imidazole rings is 1. The van der Waals surface area contributed by atoms with Crippen LogP contribution in [0.15, 0.2) is 35.4 Å². The van der Waals surface area contributed by atoms with Crippen LogP contribution in [0.25, 0.3) is 0 Å². The number of nitrogens with zero attached hydrogens (tertiary/aromatic N) is 4. The van der Waals surface area contributed by atoms with Crippen LogP contribution in [0.1, 0.15) is 0 Å². The fourth-order valence-corrected chi connectivity index (χ4v) is 3.95. The Hall–Kier alpha value is -2.87. The first-order chi connectivity index (χ1) is 13.0. The van der Waals surface area contributed by atoms with E-state index in [-0.39, 0.29) is 19.2 Å². The predicted octanol–water partition coefficient (Wildman–Crippen LogP) is 1.77. The smallest absolute Gasteiger partial charge is 0.444 e. The van der Waals surface area contributed by atoms with Crippen LogP contribution in [-0.4, -0.2) is 53.3 Å². The average Bonchev–Trinajstić information content (AvgIpc) is 3.03. The minimum atomic E-state index is -4.96. The van der Waals surface area contributed by atoms with Gasteiger partial charge in [-0.2, -0.15) is 4.31 Å². The van der Waals surface area contributed by atoms with E-state index in [9.17, 15) is 31.7 Å². The number of nitro groups is 1. The van der Waals surface area contributed by atoms with Crippen molar-refractivity contribution < 1.29 is 36.0 Å². The molecular formula is C14H13F3N4O6S. The molecule has 2 aromatic rings. The van der Waals surface area contributed by atoms with Gasteiger partial charge in [-0.3, -0.25) is 4.57 Å². The standard InChI is InChI=1S/C14H13F3N4O6S/c1-19(9-6-20-7-12(21(22)23)18-13(20)26-8-9)28(24,25)11-4-2-3-10(5-11)27-14(15,16)17/h2-5,7,9H,6,8H2,1H3/t9-/m0/s1. The third-order valence-electron chi connectivity index (χ3n) is 3.96. The van der Waals surface area contributed by atoms with E-state index in [1.165, 1.54) is 11.6 Å². The molecule has 1 aromatic carbocycles. The van der Waals surface area contributed by atoms with Gasteiger partial charge in [0.15, 0.2) is 0 Å². The van der Waals surface area contributed by atoms with Gasteiger partial charge < -0.3 is 19.6 Å². The number of fused-ring (bicyclic) bond motifs is 1. The first-order valence-electron chi connectivity index (χ1n) is 7.65. The van der Waals surface area contributed by atoms with Gasteiger partial charge in [-0.05, 0) is 17.1 Å². The lowest BCUT2D eigenvalue weighted by Gasteiger charge is -2.29. The molecule has 1 aromatic heterocycles. The molecule has 28 heavy (non-hydrogen) atoms. The number of ether oxygens (including phenoxy) is 2. The maximum Gasteiger partial charge on any atom is 0.573 e. The van der Waals surface area contributed by atoms with Gasteiger partial charge in [0, 0.05) is 24.6 Å². The summed E-state index contributed by atoms with van der Waals surface area (Å²) >= 11 is 0. The second-order valence-electron chi connectivity index (χ2n) is 5.80. The lowest BCUT2D eigenvalue weighted by atomic mass is 10.3. The normalized spacial score (nSPS) is 17.1. The summed E-state index contributed by atoms with van der Waals surface area (Å²) in [4.78, 5) is 13.3. The first-order valence-corrected chi connectivity index (χ1v) is 9.09. The molecule has 14 heteroatoms. The van der Waals surface area contributed by atoms with E-state index in [1.54, 1.807) is 0 Å². The van der Waals surface area contributed by atoms with Crippen molar-refractivity contribution in [1.82, 2.24) is 13.9 Å². The molecule has 0 radical (unpaired) electrons. The molecule has 0 spiro atoms. The zero-order chi connectivity index (χ0) is 20.7. The highest BCUT2D eigenvalue weighted by Gasteiger charge is 2.36. The van der Waals surface area contributed by atoms with E-state index in [4.69, 9.17) is 4.74 Å². The number of sulfonamides is 1. The van der Waals surface area contributed by atoms with Gasteiger partial charge in [0.1, 0.15) is 18.6 Å². The van der Waals surface area contributed by atoms with Crippen LogP contribution >= 0.6 is 0 Å². The molecule has 0 saturated heterocycles. The quantitative estimate of drug-likeness (QED) is 0.532. The van der Waals surface area contributed by atoms with Crippen LogP contribution in [0.3, 0.4) is 0 Å². The molecule has 10 nitrogen and oxygen atoms in total. The molecule has 1 aliphatic rings. The molecule has 0 unspecified atom stereocenters. The zero-order valence-corrected chi connectivity index (χ0v) is 15.0. The number of benzene rings is 1. The molecule has 2 heterocycles. The molecule has 0 bridgehead atoms. The number of rotatable bonds is 5. The maximum absolute atomic E-state index is 12.8. The fourth-order valence-electron chi connectivity index (χ4n) is 2.58. The van der Waals surface area contributed by atoms with Crippen molar-refractivity contribution in [1.29, 1.82) is 0 Å². The molecule has 152 valence electrons. The van der Waals surface area contributed by atoms with Crippen LogP contribution in [-0.2, 0) is 16.6 Å². The third-order valence-corrected chi connectivity index (χ3v) is 5.86. The predicted molar refractivity (Wildman–Crippen MR) is 86.2 cm³/mol. The van der Waals surface area contributed by atoms with Gasteiger partial charge in [0.2, 0.25) is 10.0 Å². The summed E-state index contributed by atoms with van der Waals surface area (Å²) in [5.74, 6) is -1.12. The molecule has 0 fully saturated rings. The fraction of sp³-hybridized carbons (Fsp3) is 0.357. The molecule has 0 amide bonds. The highest BCUT2D eigenvalue weighted by atomic mass is 32.2. The topological polar surface area (TPSA) is 117 Å². The molecule has 1 atom stereocenters. The summed E-state index contributed by atoms with van der Waals surface area (Å²) in [6.45, 7) is -0.118. The van der Waals surface area contributed by atoms with Gasteiger partial charge in [0.25, 0.3) is 0 Å². The average molecular weight is 422 g/mol. The van der Waals surface area contributed by atoms with Crippen molar-refractivity contribution in [2.45, 2.75) is 23.8 Å². The molecule has 0 saturated carbocycles. The summed E-state index contributed by atoms with van der Waals surface area (Å²) < 4.78 is 73.9. The molecular weight excluding hydrogens is 409 g/mol. The molecule has 1 aliphatic heterocycles. The van der Waals surface area contributed by atoms with Gasteiger partial charge >= 0.3 is 18.2 Å². The highest BCUT2D eigenvalue weighted by Crippen LogP contribution is 2.28. The lowest BCUT2D eigenvalue weighted by Crippen LogP contribution is -2.45. The van der Waals surface area contributed by atoms with Crippen LogP contribution < -0.4 is 9.47 Å². The third kappa shape index (κ3) is 4.01. The van der Waals surface area contributed by atoms with Crippen LogP contribution in [0, 0.1) is 10.1 Å². The number of likely N-dealkylation sites (N-methyl/N-ethyl adjacent to an activating group) is 1. The van der Waals surface area contributed by atoms with Gasteiger partial charge in [0.05, 0.1) is 10.9 Å². The second kappa shape index (κ2) is 6.94. The number of halogens is 3.